The first-order chi connectivity index (χ1) is 15.0. The number of hydrogen-bond acceptors (Lipinski definition) is 3. The molecule has 4 rings (SSSR count). The lowest BCUT2D eigenvalue weighted by atomic mass is 9.89. The van der Waals surface area contributed by atoms with Crippen molar-refractivity contribution in [3.63, 3.8) is 0 Å². The number of halogens is 2. The monoisotopic (exact) mass is 470 g/mol. The molecule has 1 fully saturated rings. The van der Waals surface area contributed by atoms with Gasteiger partial charge in [0.1, 0.15) is 0 Å². The Labute approximate surface area is 197 Å². The average Bonchev–Trinajstić information content (AvgIpc) is 2.95. The maximum Gasteiger partial charge on any atom is 0.332 e. The summed E-state index contributed by atoms with van der Waals surface area (Å²) >= 11 is 12.1. The van der Waals surface area contributed by atoms with Crippen LogP contribution in [0.3, 0.4) is 0 Å². The zero-order chi connectivity index (χ0) is 23.3. The van der Waals surface area contributed by atoms with Gasteiger partial charge in [0.2, 0.25) is 0 Å². The van der Waals surface area contributed by atoms with Crippen molar-refractivity contribution in [2.45, 2.75) is 38.1 Å². The van der Waals surface area contributed by atoms with E-state index in [2.05, 4.69) is 0 Å². The minimum atomic E-state index is -1.72. The molecule has 2 N–H and O–H groups in total. The summed E-state index contributed by atoms with van der Waals surface area (Å²) in [6.45, 7) is 5.14. The Morgan fingerprint density at radius 2 is 1.44 bits per heavy atom. The lowest BCUT2D eigenvalue weighted by Gasteiger charge is -2.36. The van der Waals surface area contributed by atoms with E-state index in [1.54, 1.807) is 98.5 Å². The van der Waals surface area contributed by atoms with Crippen molar-refractivity contribution in [3.8, 4) is 0 Å². The molecule has 1 aliphatic heterocycles. The van der Waals surface area contributed by atoms with Gasteiger partial charge in [-0.1, -0.05) is 41.4 Å². The highest BCUT2D eigenvalue weighted by Gasteiger charge is 2.56. The maximum atomic E-state index is 13.7. The Bertz CT molecular complexity index is 1140. The number of nitrogens with zero attached hydrogens (tertiary/aromatic N) is 2. The zero-order valence-corrected chi connectivity index (χ0v) is 19.5. The number of carbonyl (C=O) groups is 1. The van der Waals surface area contributed by atoms with Crippen LogP contribution < -0.4 is 9.80 Å². The Morgan fingerprint density at radius 3 is 1.97 bits per heavy atom. The van der Waals surface area contributed by atoms with Crippen molar-refractivity contribution in [2.75, 3.05) is 9.80 Å². The number of hydrogen-bond donors (Lipinski definition) is 2. The Balaban J connectivity index is 1.91. The van der Waals surface area contributed by atoms with Gasteiger partial charge in [0.25, 0.3) is 0 Å². The molecule has 0 aromatic heterocycles. The number of benzene rings is 3. The Kier molecular flexibility index (Phi) is 5.72. The third-order valence-electron chi connectivity index (χ3n) is 5.89. The molecule has 0 aliphatic carbocycles. The van der Waals surface area contributed by atoms with Gasteiger partial charge in [0, 0.05) is 27.0 Å². The zero-order valence-electron chi connectivity index (χ0n) is 18.0. The number of amides is 2. The molecule has 7 heteroatoms. The minimum absolute atomic E-state index is 0.390. The summed E-state index contributed by atoms with van der Waals surface area (Å²) in [6, 6.07) is 19.6. The molecule has 3 aromatic carbocycles. The van der Waals surface area contributed by atoms with E-state index in [-0.39, 0.29) is 0 Å². The molecule has 0 spiro atoms. The Hall–Kier alpha value is -2.57. The van der Waals surface area contributed by atoms with Crippen LogP contribution in [-0.2, 0) is 11.3 Å². The molecule has 2 atom stereocenters. The second kappa shape index (κ2) is 8.09. The predicted molar refractivity (Wildman–Crippen MR) is 128 cm³/mol. The van der Waals surface area contributed by atoms with E-state index >= 15 is 0 Å². The summed E-state index contributed by atoms with van der Waals surface area (Å²) < 4.78 is 0. The summed E-state index contributed by atoms with van der Waals surface area (Å²) in [6.07, 6.45) is 0. The highest BCUT2D eigenvalue weighted by molar-refractivity contribution is 6.31. The van der Waals surface area contributed by atoms with Gasteiger partial charge in [-0.2, -0.15) is 0 Å². The van der Waals surface area contributed by atoms with E-state index in [4.69, 9.17) is 23.2 Å². The topological polar surface area (TPSA) is 64.0 Å². The highest BCUT2D eigenvalue weighted by Crippen LogP contribution is 2.45. The first-order valence-corrected chi connectivity index (χ1v) is 11.0. The molecule has 0 bridgehead atoms. The van der Waals surface area contributed by atoms with Crippen LogP contribution in [0, 0.1) is 0 Å². The molecule has 1 aliphatic rings. The second-order valence-corrected chi connectivity index (χ2v) is 9.36. The van der Waals surface area contributed by atoms with Gasteiger partial charge < -0.3 is 10.2 Å². The van der Waals surface area contributed by atoms with Crippen LogP contribution in [-0.4, -0.2) is 22.3 Å². The van der Waals surface area contributed by atoms with Crippen molar-refractivity contribution in [1.29, 1.82) is 0 Å². The van der Waals surface area contributed by atoms with Gasteiger partial charge in [-0.15, -0.1) is 0 Å². The van der Waals surface area contributed by atoms with Crippen LogP contribution in [0.25, 0.3) is 0 Å². The first-order valence-electron chi connectivity index (χ1n) is 10.2. The molecule has 32 heavy (non-hydrogen) atoms. The van der Waals surface area contributed by atoms with Crippen LogP contribution >= 0.6 is 23.2 Å². The van der Waals surface area contributed by atoms with Gasteiger partial charge in [-0.05, 0) is 80.9 Å². The van der Waals surface area contributed by atoms with Gasteiger partial charge in [-0.25, -0.2) is 4.79 Å². The quantitative estimate of drug-likeness (QED) is 0.498. The van der Waals surface area contributed by atoms with E-state index in [0.717, 1.165) is 0 Å². The molecule has 1 heterocycles. The molecular weight excluding hydrogens is 447 g/mol. The van der Waals surface area contributed by atoms with E-state index in [9.17, 15) is 15.0 Å². The minimum Gasteiger partial charge on any atom is -0.386 e. The summed E-state index contributed by atoms with van der Waals surface area (Å²) in [5.74, 6) is 0. The largest absolute Gasteiger partial charge is 0.386 e. The molecule has 166 valence electrons. The van der Waals surface area contributed by atoms with E-state index in [1.807, 2.05) is 0 Å². The predicted octanol–water partition coefficient (Wildman–Crippen LogP) is 5.90. The number of rotatable bonds is 4. The standard InChI is InChI=1S/C25H24Cl2N2O3/c1-16-25(32,18-6-4-5-17(15-18)24(2,3)31)29(22-13-9-20(27)10-14-22)23(30)28(16)21-11-7-19(26)8-12-21/h4-16,31-32H,1-3H3. The van der Waals surface area contributed by atoms with Gasteiger partial charge in [0.15, 0.2) is 5.72 Å². The van der Waals surface area contributed by atoms with Gasteiger partial charge >= 0.3 is 6.03 Å². The van der Waals surface area contributed by atoms with Crippen LogP contribution in [0.4, 0.5) is 16.2 Å². The van der Waals surface area contributed by atoms with Crippen molar-refractivity contribution in [2.24, 2.45) is 0 Å². The summed E-state index contributed by atoms with van der Waals surface area (Å²) in [5.41, 5.74) is -0.599. The Morgan fingerprint density at radius 1 is 0.906 bits per heavy atom. The SMILES string of the molecule is CC1N(c2ccc(Cl)cc2)C(=O)N(c2ccc(Cl)cc2)C1(O)c1cccc(C(C)(C)O)c1. The second-order valence-electron chi connectivity index (χ2n) is 8.48. The van der Waals surface area contributed by atoms with E-state index in [0.29, 0.717) is 32.5 Å². The summed E-state index contributed by atoms with van der Waals surface area (Å²) in [4.78, 5) is 16.6. The van der Waals surface area contributed by atoms with Crippen LogP contribution in [0.15, 0.2) is 72.8 Å². The number of carbonyl (C=O) groups excluding carboxylic acids is 1. The molecule has 3 aromatic rings. The third kappa shape index (κ3) is 3.76. The fourth-order valence-electron chi connectivity index (χ4n) is 4.12. The number of aliphatic hydroxyl groups is 2. The molecule has 2 unspecified atom stereocenters. The van der Waals surface area contributed by atoms with E-state index in [1.165, 1.54) is 4.90 Å². The van der Waals surface area contributed by atoms with Crippen LogP contribution in [0.5, 0.6) is 0 Å². The van der Waals surface area contributed by atoms with Crippen molar-refractivity contribution >= 4 is 40.6 Å². The summed E-state index contributed by atoms with van der Waals surface area (Å²) in [5, 5.41) is 23.8. The fraction of sp³-hybridized carbons (Fsp3) is 0.240. The normalized spacial score (nSPS) is 21.3. The van der Waals surface area contributed by atoms with Crippen molar-refractivity contribution in [1.82, 2.24) is 0 Å². The molecule has 0 radical (unpaired) electrons. The fourth-order valence-corrected chi connectivity index (χ4v) is 4.37. The maximum absolute atomic E-state index is 13.7. The third-order valence-corrected chi connectivity index (χ3v) is 6.40. The van der Waals surface area contributed by atoms with Crippen LogP contribution in [0.1, 0.15) is 31.9 Å². The average molecular weight is 471 g/mol. The number of urea groups is 1. The molecule has 2 amide bonds. The van der Waals surface area contributed by atoms with Crippen molar-refractivity contribution < 1.29 is 15.0 Å². The van der Waals surface area contributed by atoms with Gasteiger partial charge in [0.05, 0.1) is 11.6 Å². The number of anilines is 2. The lowest BCUT2D eigenvalue weighted by Crippen LogP contribution is -2.48. The van der Waals surface area contributed by atoms with E-state index < -0.39 is 23.4 Å². The van der Waals surface area contributed by atoms with Gasteiger partial charge in [-0.3, -0.25) is 9.80 Å². The first kappa shape index (κ1) is 22.6. The molecule has 0 saturated carbocycles. The van der Waals surface area contributed by atoms with Crippen LogP contribution in [0.2, 0.25) is 10.0 Å². The summed E-state index contributed by atoms with van der Waals surface area (Å²) in [7, 11) is 0. The highest BCUT2D eigenvalue weighted by atomic mass is 35.5. The van der Waals surface area contributed by atoms with Crippen molar-refractivity contribution in [3.05, 3.63) is 94.0 Å². The smallest absolute Gasteiger partial charge is 0.332 e. The lowest BCUT2D eigenvalue weighted by molar-refractivity contribution is 0.0362. The molecular formula is C25H24Cl2N2O3. The molecule has 5 nitrogen and oxygen atoms in total. The molecule has 1 saturated heterocycles.